The monoisotopic (exact) mass is 280 g/mol. The summed E-state index contributed by atoms with van der Waals surface area (Å²) in [5, 5.41) is 9.06. The molecule has 1 aromatic heterocycles. The van der Waals surface area contributed by atoms with Gasteiger partial charge in [0, 0.05) is 32.4 Å². The molecular weight excluding hydrogens is 260 g/mol. The fourth-order valence-corrected chi connectivity index (χ4v) is 2.39. The van der Waals surface area contributed by atoms with E-state index in [0.717, 1.165) is 39.3 Å². The molecule has 1 fully saturated rings. The zero-order valence-electron chi connectivity index (χ0n) is 11.7. The Labute approximate surface area is 117 Å². The lowest BCUT2D eigenvalue weighted by molar-refractivity contribution is 0.0369. The van der Waals surface area contributed by atoms with E-state index in [2.05, 4.69) is 4.90 Å². The summed E-state index contributed by atoms with van der Waals surface area (Å²) in [5.41, 5.74) is -0.0368. The Kier molecular flexibility index (Phi) is 4.92. The van der Waals surface area contributed by atoms with Crippen molar-refractivity contribution in [2.24, 2.45) is 0 Å². The number of aromatic nitrogens is 1. The number of carboxylic acids is 1. The number of ether oxygens (including phenoxy) is 1. The van der Waals surface area contributed by atoms with E-state index in [1.807, 2.05) is 0 Å². The Bertz CT molecular complexity index is 532. The van der Waals surface area contributed by atoms with Gasteiger partial charge in [-0.25, -0.2) is 4.79 Å². The molecule has 1 aromatic rings. The summed E-state index contributed by atoms with van der Waals surface area (Å²) in [6.45, 7) is 6.43. The van der Waals surface area contributed by atoms with Gasteiger partial charge in [-0.3, -0.25) is 9.69 Å². The topological polar surface area (TPSA) is 71.8 Å². The summed E-state index contributed by atoms with van der Waals surface area (Å²) in [6, 6.07) is 1.68. The van der Waals surface area contributed by atoms with Gasteiger partial charge in [-0.1, -0.05) is 0 Å². The molecule has 1 saturated heterocycles. The predicted octanol–water partition coefficient (Wildman–Crippen LogP) is 0.577. The third-order valence-corrected chi connectivity index (χ3v) is 3.56. The minimum atomic E-state index is -1.16. The maximum atomic E-state index is 12.1. The minimum Gasteiger partial charge on any atom is -0.477 e. The fraction of sp³-hybridized carbons (Fsp3) is 0.571. The number of carboxylic acid groups (broad SMARTS) is 1. The van der Waals surface area contributed by atoms with E-state index in [1.54, 1.807) is 19.2 Å². The van der Waals surface area contributed by atoms with Gasteiger partial charge in [-0.05, 0) is 25.0 Å². The zero-order valence-corrected chi connectivity index (χ0v) is 11.7. The molecule has 2 heterocycles. The van der Waals surface area contributed by atoms with Crippen molar-refractivity contribution in [2.45, 2.75) is 19.9 Å². The van der Waals surface area contributed by atoms with E-state index in [1.165, 1.54) is 4.57 Å². The molecule has 0 atom stereocenters. The van der Waals surface area contributed by atoms with E-state index >= 15 is 0 Å². The van der Waals surface area contributed by atoms with E-state index in [0.29, 0.717) is 12.1 Å². The molecule has 0 saturated carbocycles. The summed E-state index contributed by atoms with van der Waals surface area (Å²) < 4.78 is 6.76. The second kappa shape index (κ2) is 6.67. The second-order valence-electron chi connectivity index (χ2n) is 4.99. The van der Waals surface area contributed by atoms with Crippen molar-refractivity contribution in [3.63, 3.8) is 0 Å². The number of pyridine rings is 1. The van der Waals surface area contributed by atoms with Gasteiger partial charge >= 0.3 is 5.97 Å². The van der Waals surface area contributed by atoms with Crippen molar-refractivity contribution in [2.75, 3.05) is 32.8 Å². The van der Waals surface area contributed by atoms with Crippen LogP contribution in [0.15, 0.2) is 17.1 Å². The van der Waals surface area contributed by atoms with Gasteiger partial charge in [0.25, 0.3) is 5.56 Å². The third kappa shape index (κ3) is 3.46. The molecule has 0 aliphatic carbocycles. The van der Waals surface area contributed by atoms with E-state index in [4.69, 9.17) is 9.84 Å². The number of nitrogens with zero attached hydrogens (tertiary/aromatic N) is 2. The summed E-state index contributed by atoms with van der Waals surface area (Å²) in [4.78, 5) is 25.4. The molecule has 0 spiro atoms. The van der Waals surface area contributed by atoms with Crippen LogP contribution in [0.1, 0.15) is 22.3 Å². The first-order valence-electron chi connectivity index (χ1n) is 6.83. The van der Waals surface area contributed by atoms with E-state index in [-0.39, 0.29) is 5.56 Å². The molecular formula is C14H20N2O4. The number of morpholine rings is 1. The molecule has 20 heavy (non-hydrogen) atoms. The number of carbonyl (C=O) groups is 1. The number of hydrogen-bond donors (Lipinski definition) is 1. The molecule has 6 heteroatoms. The Morgan fingerprint density at radius 1 is 1.35 bits per heavy atom. The van der Waals surface area contributed by atoms with Gasteiger partial charge in [0.15, 0.2) is 0 Å². The summed E-state index contributed by atoms with van der Waals surface area (Å²) in [7, 11) is 0. The molecule has 1 aliphatic rings. The Morgan fingerprint density at radius 2 is 2.05 bits per heavy atom. The van der Waals surface area contributed by atoms with Crippen molar-refractivity contribution >= 4 is 5.97 Å². The molecule has 110 valence electrons. The highest BCUT2D eigenvalue weighted by atomic mass is 16.5. The van der Waals surface area contributed by atoms with Crippen LogP contribution in [0.25, 0.3) is 0 Å². The molecule has 0 radical (unpaired) electrons. The highest BCUT2D eigenvalue weighted by Gasteiger charge is 2.14. The largest absolute Gasteiger partial charge is 0.477 e. The van der Waals surface area contributed by atoms with Crippen molar-refractivity contribution in [3.8, 4) is 0 Å². The van der Waals surface area contributed by atoms with Crippen LogP contribution in [0.2, 0.25) is 0 Å². The number of rotatable bonds is 5. The second-order valence-corrected chi connectivity index (χ2v) is 4.99. The first-order chi connectivity index (χ1) is 9.59. The Balaban J connectivity index is 1.97. The predicted molar refractivity (Wildman–Crippen MR) is 74.3 cm³/mol. The maximum absolute atomic E-state index is 12.1. The van der Waals surface area contributed by atoms with Crippen LogP contribution >= 0.6 is 0 Å². The lowest BCUT2D eigenvalue weighted by Crippen LogP contribution is -2.37. The molecule has 0 bridgehead atoms. The quantitative estimate of drug-likeness (QED) is 0.854. The number of aromatic carboxylic acids is 1. The van der Waals surface area contributed by atoms with Crippen molar-refractivity contribution in [1.82, 2.24) is 9.47 Å². The van der Waals surface area contributed by atoms with Crippen LogP contribution in [0.4, 0.5) is 0 Å². The summed E-state index contributed by atoms with van der Waals surface area (Å²) in [6.07, 6.45) is 2.49. The normalized spacial score (nSPS) is 16.2. The number of hydrogen-bond acceptors (Lipinski definition) is 4. The van der Waals surface area contributed by atoms with Gasteiger partial charge in [0.05, 0.1) is 13.2 Å². The van der Waals surface area contributed by atoms with Gasteiger partial charge < -0.3 is 14.4 Å². The maximum Gasteiger partial charge on any atom is 0.341 e. The fourth-order valence-electron chi connectivity index (χ4n) is 2.39. The average molecular weight is 280 g/mol. The third-order valence-electron chi connectivity index (χ3n) is 3.56. The standard InChI is InChI=1S/C14H20N2O4/c1-11-3-6-16(13(17)12(11)14(18)19)5-2-4-15-7-9-20-10-8-15/h3,6H,2,4-5,7-10H2,1H3,(H,18,19). The molecule has 0 amide bonds. The molecule has 1 N–H and O–H groups in total. The van der Waals surface area contributed by atoms with Crippen molar-refractivity contribution < 1.29 is 14.6 Å². The highest BCUT2D eigenvalue weighted by Crippen LogP contribution is 2.03. The van der Waals surface area contributed by atoms with Crippen LogP contribution in [-0.2, 0) is 11.3 Å². The molecule has 0 aromatic carbocycles. The average Bonchev–Trinajstić information content (AvgIpc) is 2.42. The van der Waals surface area contributed by atoms with Crippen LogP contribution in [0, 0.1) is 6.92 Å². The van der Waals surface area contributed by atoms with Crippen LogP contribution in [-0.4, -0.2) is 53.4 Å². The molecule has 1 aliphatic heterocycles. The first-order valence-corrected chi connectivity index (χ1v) is 6.83. The van der Waals surface area contributed by atoms with Gasteiger partial charge in [-0.15, -0.1) is 0 Å². The Morgan fingerprint density at radius 3 is 2.70 bits per heavy atom. The van der Waals surface area contributed by atoms with Crippen LogP contribution < -0.4 is 5.56 Å². The number of aryl methyl sites for hydroxylation is 2. The molecule has 6 nitrogen and oxygen atoms in total. The highest BCUT2D eigenvalue weighted by molar-refractivity contribution is 5.88. The van der Waals surface area contributed by atoms with Crippen molar-refractivity contribution in [1.29, 1.82) is 0 Å². The first kappa shape index (κ1) is 14.7. The summed E-state index contributed by atoms with van der Waals surface area (Å²) in [5.74, 6) is -1.16. The smallest absolute Gasteiger partial charge is 0.341 e. The van der Waals surface area contributed by atoms with Gasteiger partial charge in [0.1, 0.15) is 5.56 Å². The summed E-state index contributed by atoms with van der Waals surface area (Å²) >= 11 is 0. The van der Waals surface area contributed by atoms with Crippen LogP contribution in [0.3, 0.4) is 0 Å². The lowest BCUT2D eigenvalue weighted by Gasteiger charge is -2.26. The lowest BCUT2D eigenvalue weighted by atomic mass is 10.1. The van der Waals surface area contributed by atoms with E-state index in [9.17, 15) is 9.59 Å². The Hall–Kier alpha value is -1.66. The van der Waals surface area contributed by atoms with Crippen molar-refractivity contribution in [3.05, 3.63) is 33.7 Å². The van der Waals surface area contributed by atoms with Gasteiger partial charge in [-0.2, -0.15) is 0 Å². The van der Waals surface area contributed by atoms with Crippen LogP contribution in [0.5, 0.6) is 0 Å². The van der Waals surface area contributed by atoms with Gasteiger partial charge in [0.2, 0.25) is 0 Å². The van der Waals surface area contributed by atoms with E-state index < -0.39 is 11.5 Å². The minimum absolute atomic E-state index is 0.126. The SMILES string of the molecule is Cc1ccn(CCCN2CCOCC2)c(=O)c1C(=O)O. The molecule has 2 rings (SSSR count). The zero-order chi connectivity index (χ0) is 14.5. The molecule has 0 unspecified atom stereocenters.